The molecule has 0 spiro atoms. The van der Waals surface area contributed by atoms with Gasteiger partial charge < -0.3 is 15.0 Å². The zero-order valence-corrected chi connectivity index (χ0v) is 13.1. The second kappa shape index (κ2) is 7.09. The quantitative estimate of drug-likeness (QED) is 0.883. The maximum atomic E-state index is 5.18. The van der Waals surface area contributed by atoms with Gasteiger partial charge in [-0.25, -0.2) is 4.98 Å². The van der Waals surface area contributed by atoms with E-state index in [1.807, 2.05) is 43.6 Å². The summed E-state index contributed by atoms with van der Waals surface area (Å²) in [5, 5.41) is 3.39. The van der Waals surface area contributed by atoms with Crippen molar-refractivity contribution in [1.29, 1.82) is 0 Å². The van der Waals surface area contributed by atoms with Crippen molar-refractivity contribution >= 4 is 11.5 Å². The first-order valence-electron chi connectivity index (χ1n) is 7.16. The van der Waals surface area contributed by atoms with Crippen LogP contribution in [0.5, 0.6) is 5.75 Å². The standard InChI is InChI=1S/C17H23N3O/c1-13(2)18-11-14-5-10-17(19-12-14)20(3)15-6-8-16(21-4)9-7-15/h5-10,12-13,18H,11H2,1-4H3. The minimum Gasteiger partial charge on any atom is -0.497 e. The molecule has 1 N–H and O–H groups in total. The lowest BCUT2D eigenvalue weighted by Gasteiger charge is -2.19. The number of rotatable bonds is 6. The summed E-state index contributed by atoms with van der Waals surface area (Å²) >= 11 is 0. The van der Waals surface area contributed by atoms with Crippen molar-refractivity contribution in [2.24, 2.45) is 0 Å². The fourth-order valence-electron chi connectivity index (χ4n) is 1.98. The maximum absolute atomic E-state index is 5.18. The third-order valence-corrected chi connectivity index (χ3v) is 3.33. The summed E-state index contributed by atoms with van der Waals surface area (Å²) in [6.07, 6.45) is 1.92. The number of methoxy groups -OCH3 is 1. The highest BCUT2D eigenvalue weighted by Crippen LogP contribution is 2.24. The van der Waals surface area contributed by atoms with Gasteiger partial charge in [-0.15, -0.1) is 0 Å². The maximum Gasteiger partial charge on any atom is 0.132 e. The molecular weight excluding hydrogens is 262 g/mol. The van der Waals surface area contributed by atoms with Gasteiger partial charge in [0.1, 0.15) is 11.6 Å². The van der Waals surface area contributed by atoms with Crippen molar-refractivity contribution in [2.45, 2.75) is 26.4 Å². The molecule has 4 heteroatoms. The summed E-state index contributed by atoms with van der Waals surface area (Å²) in [5.41, 5.74) is 2.27. The molecule has 0 bridgehead atoms. The number of nitrogens with one attached hydrogen (secondary N) is 1. The zero-order valence-electron chi connectivity index (χ0n) is 13.1. The van der Waals surface area contributed by atoms with Crippen molar-refractivity contribution in [1.82, 2.24) is 10.3 Å². The molecule has 0 aliphatic heterocycles. The van der Waals surface area contributed by atoms with Crippen LogP contribution in [0.2, 0.25) is 0 Å². The molecule has 2 rings (SSSR count). The largest absolute Gasteiger partial charge is 0.497 e. The molecule has 0 aliphatic carbocycles. The van der Waals surface area contributed by atoms with Crippen LogP contribution in [0.15, 0.2) is 42.6 Å². The van der Waals surface area contributed by atoms with Gasteiger partial charge in [0.15, 0.2) is 0 Å². The molecule has 1 aromatic heterocycles. The summed E-state index contributed by atoms with van der Waals surface area (Å²) in [6.45, 7) is 5.12. The van der Waals surface area contributed by atoms with Gasteiger partial charge in [-0.05, 0) is 35.9 Å². The van der Waals surface area contributed by atoms with Crippen molar-refractivity contribution in [2.75, 3.05) is 19.1 Å². The van der Waals surface area contributed by atoms with Gasteiger partial charge in [0, 0.05) is 31.5 Å². The Kier molecular flexibility index (Phi) is 5.17. The Hall–Kier alpha value is -2.07. The number of nitrogens with zero attached hydrogens (tertiary/aromatic N) is 2. The van der Waals surface area contributed by atoms with E-state index in [4.69, 9.17) is 4.74 Å². The molecule has 0 saturated carbocycles. The fraction of sp³-hybridized carbons (Fsp3) is 0.353. The number of pyridine rings is 1. The first-order valence-corrected chi connectivity index (χ1v) is 7.16. The third-order valence-electron chi connectivity index (χ3n) is 3.33. The number of hydrogen-bond donors (Lipinski definition) is 1. The van der Waals surface area contributed by atoms with E-state index in [1.165, 1.54) is 5.56 Å². The predicted molar refractivity (Wildman–Crippen MR) is 87.3 cm³/mol. The van der Waals surface area contributed by atoms with Gasteiger partial charge in [-0.2, -0.15) is 0 Å². The molecule has 0 saturated heterocycles. The van der Waals surface area contributed by atoms with E-state index in [0.717, 1.165) is 23.8 Å². The second-order valence-electron chi connectivity index (χ2n) is 5.32. The Labute approximate surface area is 126 Å². The Balaban J connectivity index is 2.06. The SMILES string of the molecule is COc1ccc(N(C)c2ccc(CNC(C)C)cn2)cc1. The van der Waals surface area contributed by atoms with E-state index >= 15 is 0 Å². The van der Waals surface area contributed by atoms with Crippen LogP contribution in [-0.2, 0) is 6.54 Å². The average Bonchev–Trinajstić information content (AvgIpc) is 2.53. The topological polar surface area (TPSA) is 37.4 Å². The Morgan fingerprint density at radius 2 is 1.86 bits per heavy atom. The van der Waals surface area contributed by atoms with Gasteiger partial charge >= 0.3 is 0 Å². The van der Waals surface area contributed by atoms with Crippen molar-refractivity contribution in [3.8, 4) is 5.75 Å². The highest BCUT2D eigenvalue weighted by molar-refractivity contribution is 5.59. The lowest BCUT2D eigenvalue weighted by molar-refractivity contribution is 0.415. The number of hydrogen-bond acceptors (Lipinski definition) is 4. The molecule has 21 heavy (non-hydrogen) atoms. The highest BCUT2D eigenvalue weighted by atomic mass is 16.5. The molecular formula is C17H23N3O. The minimum absolute atomic E-state index is 0.478. The molecule has 2 aromatic rings. The summed E-state index contributed by atoms with van der Waals surface area (Å²) in [5.74, 6) is 1.78. The van der Waals surface area contributed by atoms with Crippen LogP contribution in [0.4, 0.5) is 11.5 Å². The van der Waals surface area contributed by atoms with Crippen molar-refractivity contribution in [3.63, 3.8) is 0 Å². The van der Waals surface area contributed by atoms with E-state index in [1.54, 1.807) is 7.11 Å². The van der Waals surface area contributed by atoms with Gasteiger partial charge in [-0.3, -0.25) is 0 Å². The third kappa shape index (κ3) is 4.20. The molecule has 0 unspecified atom stereocenters. The van der Waals surface area contributed by atoms with Crippen LogP contribution in [0.1, 0.15) is 19.4 Å². The van der Waals surface area contributed by atoms with Gasteiger partial charge in [-0.1, -0.05) is 19.9 Å². The Bertz CT molecular complexity index is 549. The van der Waals surface area contributed by atoms with Crippen LogP contribution >= 0.6 is 0 Å². The van der Waals surface area contributed by atoms with Crippen LogP contribution in [0.25, 0.3) is 0 Å². The molecule has 0 radical (unpaired) electrons. The van der Waals surface area contributed by atoms with Gasteiger partial charge in [0.05, 0.1) is 7.11 Å². The average molecular weight is 285 g/mol. The number of benzene rings is 1. The lowest BCUT2D eigenvalue weighted by Crippen LogP contribution is -2.22. The molecule has 0 aliphatic rings. The molecule has 1 heterocycles. The highest BCUT2D eigenvalue weighted by Gasteiger charge is 2.05. The molecule has 4 nitrogen and oxygen atoms in total. The van der Waals surface area contributed by atoms with Crippen LogP contribution in [0.3, 0.4) is 0 Å². The smallest absolute Gasteiger partial charge is 0.132 e. The normalized spacial score (nSPS) is 10.7. The fourth-order valence-corrected chi connectivity index (χ4v) is 1.98. The van der Waals surface area contributed by atoms with Crippen LogP contribution < -0.4 is 15.0 Å². The van der Waals surface area contributed by atoms with Crippen LogP contribution in [-0.4, -0.2) is 25.2 Å². The monoisotopic (exact) mass is 285 g/mol. The second-order valence-corrected chi connectivity index (χ2v) is 5.32. The van der Waals surface area contributed by atoms with E-state index in [9.17, 15) is 0 Å². The van der Waals surface area contributed by atoms with Crippen molar-refractivity contribution in [3.05, 3.63) is 48.2 Å². The van der Waals surface area contributed by atoms with E-state index < -0.39 is 0 Å². The molecule has 1 aromatic carbocycles. The van der Waals surface area contributed by atoms with Gasteiger partial charge in [0.25, 0.3) is 0 Å². The number of aromatic nitrogens is 1. The van der Waals surface area contributed by atoms with Crippen molar-refractivity contribution < 1.29 is 4.74 Å². The molecule has 0 atom stereocenters. The van der Waals surface area contributed by atoms with E-state index in [2.05, 4.69) is 35.1 Å². The van der Waals surface area contributed by atoms with Crippen LogP contribution in [0, 0.1) is 0 Å². The minimum atomic E-state index is 0.478. The summed E-state index contributed by atoms with van der Waals surface area (Å²) in [6, 6.07) is 12.6. The molecule has 112 valence electrons. The zero-order chi connectivity index (χ0) is 15.2. The van der Waals surface area contributed by atoms with E-state index in [0.29, 0.717) is 6.04 Å². The number of ether oxygens (including phenoxy) is 1. The Morgan fingerprint density at radius 3 is 2.38 bits per heavy atom. The Morgan fingerprint density at radius 1 is 1.14 bits per heavy atom. The molecule has 0 amide bonds. The van der Waals surface area contributed by atoms with E-state index in [-0.39, 0.29) is 0 Å². The number of anilines is 2. The summed E-state index contributed by atoms with van der Waals surface area (Å²) in [4.78, 5) is 6.58. The first kappa shape index (κ1) is 15.3. The summed E-state index contributed by atoms with van der Waals surface area (Å²) in [7, 11) is 3.68. The first-order chi connectivity index (χ1) is 10.1. The predicted octanol–water partition coefficient (Wildman–Crippen LogP) is 3.36. The summed E-state index contributed by atoms with van der Waals surface area (Å²) < 4.78 is 5.18. The van der Waals surface area contributed by atoms with Gasteiger partial charge in [0.2, 0.25) is 0 Å². The lowest BCUT2D eigenvalue weighted by atomic mass is 10.2. The molecule has 0 fully saturated rings.